The van der Waals surface area contributed by atoms with Crippen molar-refractivity contribution in [2.24, 2.45) is 0 Å². The second kappa shape index (κ2) is 9.29. The highest BCUT2D eigenvalue weighted by atomic mass is 79.9. The Morgan fingerprint density at radius 2 is 1.95 bits per heavy atom. The molecule has 0 bridgehead atoms. The number of unbranched alkanes of at least 4 members (excludes halogenated alkanes) is 3. The van der Waals surface area contributed by atoms with Gasteiger partial charge in [-0.3, -0.25) is 0 Å². The molecular weight excluding hydrogens is 304 g/mol. The van der Waals surface area contributed by atoms with Gasteiger partial charge in [-0.1, -0.05) is 33.1 Å². The standard InChI is InChI=1S/C15H25BrN2O/c1-4-6-7-8-10-12(3)19-15-11-13(16)17-14(18-15)9-5-2/h11-12H,4-10H2,1-3H3. The summed E-state index contributed by atoms with van der Waals surface area (Å²) in [5.41, 5.74) is 0. The van der Waals surface area contributed by atoms with Crippen molar-refractivity contribution < 1.29 is 4.74 Å². The van der Waals surface area contributed by atoms with Crippen molar-refractivity contribution in [1.82, 2.24) is 9.97 Å². The number of aryl methyl sites for hydroxylation is 1. The number of nitrogens with zero attached hydrogens (tertiary/aromatic N) is 2. The lowest BCUT2D eigenvalue weighted by atomic mass is 10.1. The lowest BCUT2D eigenvalue weighted by Gasteiger charge is -2.14. The lowest BCUT2D eigenvalue weighted by Crippen LogP contribution is -2.13. The highest BCUT2D eigenvalue weighted by Crippen LogP contribution is 2.18. The maximum atomic E-state index is 5.88. The number of rotatable bonds is 9. The van der Waals surface area contributed by atoms with Gasteiger partial charge in [0.25, 0.3) is 0 Å². The van der Waals surface area contributed by atoms with E-state index < -0.39 is 0 Å². The van der Waals surface area contributed by atoms with Gasteiger partial charge in [0.1, 0.15) is 10.4 Å². The van der Waals surface area contributed by atoms with Crippen molar-refractivity contribution in [2.45, 2.75) is 71.8 Å². The number of aromatic nitrogens is 2. The Hall–Kier alpha value is -0.640. The van der Waals surface area contributed by atoms with Gasteiger partial charge in [-0.2, -0.15) is 4.98 Å². The molecule has 0 aliphatic rings. The van der Waals surface area contributed by atoms with E-state index >= 15 is 0 Å². The number of ether oxygens (including phenoxy) is 1. The van der Waals surface area contributed by atoms with Crippen LogP contribution in [-0.2, 0) is 6.42 Å². The second-order valence-electron chi connectivity index (χ2n) is 4.97. The molecule has 0 aliphatic heterocycles. The summed E-state index contributed by atoms with van der Waals surface area (Å²) < 4.78 is 6.69. The second-order valence-corrected chi connectivity index (χ2v) is 5.79. The van der Waals surface area contributed by atoms with Crippen LogP contribution in [0.3, 0.4) is 0 Å². The van der Waals surface area contributed by atoms with Gasteiger partial charge in [0.15, 0.2) is 0 Å². The molecule has 0 radical (unpaired) electrons. The Morgan fingerprint density at radius 1 is 1.16 bits per heavy atom. The summed E-state index contributed by atoms with van der Waals surface area (Å²) in [5, 5.41) is 0. The largest absolute Gasteiger partial charge is 0.475 e. The maximum absolute atomic E-state index is 5.88. The van der Waals surface area contributed by atoms with Crippen molar-refractivity contribution in [3.8, 4) is 5.88 Å². The Labute approximate surface area is 125 Å². The lowest BCUT2D eigenvalue weighted by molar-refractivity contribution is 0.197. The highest BCUT2D eigenvalue weighted by Gasteiger charge is 2.08. The van der Waals surface area contributed by atoms with Gasteiger partial charge in [0, 0.05) is 12.5 Å². The Balaban J connectivity index is 2.46. The van der Waals surface area contributed by atoms with Crippen LogP contribution in [0.2, 0.25) is 0 Å². The average molecular weight is 329 g/mol. The van der Waals surface area contributed by atoms with E-state index in [4.69, 9.17) is 4.74 Å². The summed E-state index contributed by atoms with van der Waals surface area (Å²) in [7, 11) is 0. The number of hydrogen-bond donors (Lipinski definition) is 0. The van der Waals surface area contributed by atoms with Gasteiger partial charge < -0.3 is 4.74 Å². The molecule has 0 aliphatic carbocycles. The van der Waals surface area contributed by atoms with Crippen molar-refractivity contribution >= 4 is 15.9 Å². The highest BCUT2D eigenvalue weighted by molar-refractivity contribution is 9.10. The van der Waals surface area contributed by atoms with Crippen LogP contribution in [0.15, 0.2) is 10.7 Å². The zero-order valence-electron chi connectivity index (χ0n) is 12.3. The normalized spacial score (nSPS) is 12.4. The molecular formula is C15H25BrN2O. The van der Waals surface area contributed by atoms with Gasteiger partial charge in [0.2, 0.25) is 5.88 Å². The van der Waals surface area contributed by atoms with Crippen LogP contribution in [0, 0.1) is 0 Å². The molecule has 1 heterocycles. The molecule has 0 saturated carbocycles. The molecule has 19 heavy (non-hydrogen) atoms. The molecule has 1 rings (SSSR count). The van der Waals surface area contributed by atoms with Crippen molar-refractivity contribution in [2.75, 3.05) is 0 Å². The number of hydrogen-bond acceptors (Lipinski definition) is 3. The van der Waals surface area contributed by atoms with Gasteiger partial charge in [-0.15, -0.1) is 0 Å². The molecule has 1 unspecified atom stereocenters. The zero-order valence-corrected chi connectivity index (χ0v) is 13.9. The predicted octanol–water partition coefficient (Wildman–Crippen LogP) is 4.93. The smallest absolute Gasteiger partial charge is 0.217 e. The van der Waals surface area contributed by atoms with Crippen LogP contribution in [0.4, 0.5) is 0 Å². The van der Waals surface area contributed by atoms with Gasteiger partial charge in [-0.25, -0.2) is 4.98 Å². The fraction of sp³-hybridized carbons (Fsp3) is 0.733. The van der Waals surface area contributed by atoms with Crippen LogP contribution >= 0.6 is 15.9 Å². The molecule has 0 spiro atoms. The van der Waals surface area contributed by atoms with Crippen molar-refractivity contribution in [3.05, 3.63) is 16.5 Å². The first kappa shape index (κ1) is 16.4. The third kappa shape index (κ3) is 6.90. The minimum absolute atomic E-state index is 0.216. The monoisotopic (exact) mass is 328 g/mol. The summed E-state index contributed by atoms with van der Waals surface area (Å²) in [6, 6.07) is 1.85. The molecule has 1 aromatic rings. The first-order chi connectivity index (χ1) is 9.15. The summed E-state index contributed by atoms with van der Waals surface area (Å²) in [4.78, 5) is 8.79. The maximum Gasteiger partial charge on any atom is 0.217 e. The average Bonchev–Trinajstić information content (AvgIpc) is 2.34. The van der Waals surface area contributed by atoms with Crippen LogP contribution in [0.25, 0.3) is 0 Å². The van der Waals surface area contributed by atoms with E-state index in [1.807, 2.05) is 6.07 Å². The van der Waals surface area contributed by atoms with Gasteiger partial charge in [-0.05, 0) is 42.1 Å². The Morgan fingerprint density at radius 3 is 2.63 bits per heavy atom. The first-order valence-corrected chi connectivity index (χ1v) is 8.15. The Bertz CT molecular complexity index is 371. The fourth-order valence-electron chi connectivity index (χ4n) is 1.96. The number of halogens is 1. The predicted molar refractivity (Wildman–Crippen MR) is 82.6 cm³/mol. The van der Waals surface area contributed by atoms with Crippen molar-refractivity contribution in [1.29, 1.82) is 0 Å². The Kier molecular flexibility index (Phi) is 8.03. The van der Waals surface area contributed by atoms with Crippen LogP contribution in [0.1, 0.15) is 65.1 Å². The SMILES string of the molecule is CCCCCCC(C)Oc1cc(Br)nc(CCC)n1. The molecule has 1 atom stereocenters. The third-order valence-electron chi connectivity index (χ3n) is 2.98. The van der Waals surface area contributed by atoms with E-state index in [0.29, 0.717) is 5.88 Å². The summed E-state index contributed by atoms with van der Waals surface area (Å²) in [6.45, 7) is 6.47. The molecule has 1 aromatic heterocycles. The summed E-state index contributed by atoms with van der Waals surface area (Å²) in [5.74, 6) is 1.54. The topological polar surface area (TPSA) is 35.0 Å². The van der Waals surface area contributed by atoms with Gasteiger partial charge >= 0.3 is 0 Å². The quantitative estimate of drug-likeness (QED) is 0.476. The molecule has 0 fully saturated rings. The zero-order chi connectivity index (χ0) is 14.1. The van der Waals surface area contributed by atoms with Crippen LogP contribution in [-0.4, -0.2) is 16.1 Å². The molecule has 0 amide bonds. The molecule has 0 N–H and O–H groups in total. The van der Waals surface area contributed by atoms with Crippen LogP contribution in [0.5, 0.6) is 5.88 Å². The third-order valence-corrected chi connectivity index (χ3v) is 3.38. The van der Waals surface area contributed by atoms with Crippen LogP contribution < -0.4 is 4.74 Å². The minimum Gasteiger partial charge on any atom is -0.475 e. The van der Waals surface area contributed by atoms with E-state index in [-0.39, 0.29) is 6.10 Å². The van der Waals surface area contributed by atoms with E-state index in [2.05, 4.69) is 46.7 Å². The summed E-state index contributed by atoms with van der Waals surface area (Å²) >= 11 is 3.42. The van der Waals surface area contributed by atoms with E-state index in [0.717, 1.165) is 29.7 Å². The van der Waals surface area contributed by atoms with E-state index in [1.54, 1.807) is 0 Å². The molecule has 3 nitrogen and oxygen atoms in total. The molecule has 0 saturated heterocycles. The van der Waals surface area contributed by atoms with E-state index in [9.17, 15) is 0 Å². The molecule has 4 heteroatoms. The van der Waals surface area contributed by atoms with Crippen molar-refractivity contribution in [3.63, 3.8) is 0 Å². The summed E-state index contributed by atoms with van der Waals surface area (Å²) in [6.07, 6.45) is 8.34. The first-order valence-electron chi connectivity index (χ1n) is 7.35. The minimum atomic E-state index is 0.216. The molecule has 0 aromatic carbocycles. The molecule has 108 valence electrons. The van der Waals surface area contributed by atoms with Gasteiger partial charge in [0.05, 0.1) is 6.10 Å². The fourth-order valence-corrected chi connectivity index (χ4v) is 2.36. The van der Waals surface area contributed by atoms with E-state index in [1.165, 1.54) is 25.7 Å².